The monoisotopic (exact) mass is 380 g/mol. The fraction of sp³-hybridized carbons (Fsp3) is 0.500. The van der Waals surface area contributed by atoms with Crippen molar-refractivity contribution in [3.8, 4) is 0 Å². The molecule has 2 aliphatic rings. The van der Waals surface area contributed by atoms with E-state index in [0.29, 0.717) is 36.3 Å². The van der Waals surface area contributed by atoms with Crippen molar-refractivity contribution < 1.29 is 4.79 Å². The van der Waals surface area contributed by atoms with E-state index in [1.807, 2.05) is 15.5 Å². The van der Waals surface area contributed by atoms with Crippen molar-refractivity contribution in [3.63, 3.8) is 0 Å². The smallest absolute Gasteiger partial charge is 0.254 e. The van der Waals surface area contributed by atoms with Gasteiger partial charge in [-0.15, -0.1) is 0 Å². The lowest BCUT2D eigenvalue weighted by atomic mass is 9.76. The number of aromatic nitrogens is 2. The van der Waals surface area contributed by atoms with Gasteiger partial charge in [0.2, 0.25) is 0 Å². The van der Waals surface area contributed by atoms with Crippen LogP contribution in [0.4, 0.5) is 5.82 Å². The Morgan fingerprint density at radius 3 is 2.86 bits per heavy atom. The molecule has 0 saturated carbocycles. The molecule has 2 aliphatic heterocycles. The molecule has 6 nitrogen and oxygen atoms in total. The van der Waals surface area contributed by atoms with E-state index < -0.39 is 0 Å². The van der Waals surface area contributed by atoms with Gasteiger partial charge in [0.1, 0.15) is 5.82 Å². The number of pyridine rings is 2. The van der Waals surface area contributed by atoms with Crippen LogP contribution in [0.3, 0.4) is 0 Å². The Hall–Kier alpha value is -2.63. The van der Waals surface area contributed by atoms with Crippen LogP contribution < -0.4 is 11.3 Å². The number of anilines is 1. The van der Waals surface area contributed by atoms with Crippen LogP contribution in [0.25, 0.3) is 0 Å². The molecule has 1 fully saturated rings. The number of carbonyl (C=O) groups excluding carboxylic acids is 1. The number of nitrogens with zero attached hydrogens (tertiary/aromatic N) is 3. The number of hydrogen-bond acceptors (Lipinski definition) is 4. The van der Waals surface area contributed by atoms with Gasteiger partial charge in [0.05, 0.1) is 0 Å². The van der Waals surface area contributed by atoms with Gasteiger partial charge < -0.3 is 15.2 Å². The van der Waals surface area contributed by atoms with Gasteiger partial charge in [-0.25, -0.2) is 4.98 Å². The average Bonchev–Trinajstić information content (AvgIpc) is 2.67. The standard InChI is InChI=1S/C22H28N4O2/c1-14(2)6-7-19-17-10-16(18-4-3-5-21(27)26(18)19)12-25(13-17)22(28)15-8-9-24-20(23)11-15/h3-5,8-9,11,14,16-17,19H,6-7,10,12-13H2,1-2H3,(H2,23,24)/t16-,17+,19+/m1/s1. The van der Waals surface area contributed by atoms with Crippen LogP contribution in [0.5, 0.6) is 0 Å². The molecule has 0 spiro atoms. The third-order valence-electron chi connectivity index (χ3n) is 6.15. The summed E-state index contributed by atoms with van der Waals surface area (Å²) in [5, 5.41) is 0. The van der Waals surface area contributed by atoms with Gasteiger partial charge in [-0.2, -0.15) is 0 Å². The van der Waals surface area contributed by atoms with E-state index in [1.54, 1.807) is 24.4 Å². The number of rotatable bonds is 4. The average molecular weight is 380 g/mol. The van der Waals surface area contributed by atoms with Crippen molar-refractivity contribution in [1.82, 2.24) is 14.5 Å². The number of hydrogen-bond donors (Lipinski definition) is 1. The summed E-state index contributed by atoms with van der Waals surface area (Å²) in [5.41, 5.74) is 7.51. The molecule has 1 saturated heterocycles. The number of carbonyl (C=O) groups is 1. The number of amides is 1. The molecular formula is C22H28N4O2. The van der Waals surface area contributed by atoms with Gasteiger partial charge in [0.25, 0.3) is 11.5 Å². The summed E-state index contributed by atoms with van der Waals surface area (Å²) in [7, 11) is 0. The molecular weight excluding hydrogens is 352 g/mol. The fourth-order valence-corrected chi connectivity index (χ4v) is 4.85. The van der Waals surface area contributed by atoms with Crippen LogP contribution >= 0.6 is 0 Å². The first-order valence-electron chi connectivity index (χ1n) is 10.2. The summed E-state index contributed by atoms with van der Waals surface area (Å²) < 4.78 is 2.02. The Kier molecular flexibility index (Phi) is 4.96. The summed E-state index contributed by atoms with van der Waals surface area (Å²) in [6, 6.07) is 9.08. The number of nitrogen functional groups attached to an aromatic ring is 1. The van der Waals surface area contributed by atoms with Crippen molar-refractivity contribution in [2.75, 3.05) is 18.8 Å². The van der Waals surface area contributed by atoms with Crippen LogP contribution in [0.15, 0.2) is 41.3 Å². The lowest BCUT2D eigenvalue weighted by Gasteiger charge is -2.47. The van der Waals surface area contributed by atoms with Gasteiger partial charge in [-0.05, 0) is 49.3 Å². The molecule has 2 bridgehead atoms. The number of likely N-dealkylation sites (tertiary alicyclic amines) is 1. The van der Waals surface area contributed by atoms with E-state index in [4.69, 9.17) is 5.73 Å². The van der Waals surface area contributed by atoms with Crippen LogP contribution in [0.2, 0.25) is 0 Å². The van der Waals surface area contributed by atoms with Gasteiger partial charge in [0, 0.05) is 48.6 Å². The third-order valence-corrected chi connectivity index (χ3v) is 6.15. The van der Waals surface area contributed by atoms with Crippen molar-refractivity contribution in [3.05, 3.63) is 58.1 Å². The van der Waals surface area contributed by atoms with Crippen molar-refractivity contribution >= 4 is 11.7 Å². The predicted molar refractivity (Wildman–Crippen MR) is 109 cm³/mol. The zero-order valence-electron chi connectivity index (χ0n) is 16.5. The van der Waals surface area contributed by atoms with Crippen LogP contribution in [-0.4, -0.2) is 33.4 Å². The highest BCUT2D eigenvalue weighted by Crippen LogP contribution is 2.43. The molecule has 2 aromatic rings. The second kappa shape index (κ2) is 7.41. The maximum Gasteiger partial charge on any atom is 0.254 e. The lowest BCUT2D eigenvalue weighted by molar-refractivity contribution is 0.0513. The molecule has 1 amide bonds. The Labute approximate surface area is 165 Å². The molecule has 0 aromatic carbocycles. The molecule has 2 aromatic heterocycles. The Morgan fingerprint density at radius 1 is 1.29 bits per heavy atom. The molecule has 2 N–H and O–H groups in total. The first kappa shape index (κ1) is 18.7. The summed E-state index contributed by atoms with van der Waals surface area (Å²) >= 11 is 0. The molecule has 6 heteroatoms. The van der Waals surface area contributed by atoms with Crippen molar-refractivity contribution in [2.45, 2.75) is 45.1 Å². The van der Waals surface area contributed by atoms with Crippen LogP contribution in [-0.2, 0) is 0 Å². The van der Waals surface area contributed by atoms with Gasteiger partial charge in [-0.1, -0.05) is 19.9 Å². The normalized spacial score (nSPS) is 23.5. The molecule has 28 heavy (non-hydrogen) atoms. The maximum absolute atomic E-state index is 13.1. The molecule has 3 atom stereocenters. The van der Waals surface area contributed by atoms with Gasteiger partial charge in [0.15, 0.2) is 0 Å². The largest absolute Gasteiger partial charge is 0.384 e. The fourth-order valence-electron chi connectivity index (χ4n) is 4.85. The van der Waals surface area contributed by atoms with E-state index in [-0.39, 0.29) is 23.4 Å². The number of piperidine rings is 1. The molecule has 0 aliphatic carbocycles. The molecule has 4 rings (SSSR count). The van der Waals surface area contributed by atoms with Crippen molar-refractivity contribution in [2.24, 2.45) is 11.8 Å². The van der Waals surface area contributed by atoms with E-state index >= 15 is 0 Å². The molecule has 4 heterocycles. The van der Waals surface area contributed by atoms with Crippen molar-refractivity contribution in [1.29, 1.82) is 0 Å². The first-order chi connectivity index (χ1) is 13.4. The Morgan fingerprint density at radius 2 is 2.11 bits per heavy atom. The van der Waals surface area contributed by atoms with E-state index in [2.05, 4.69) is 24.9 Å². The topological polar surface area (TPSA) is 81.2 Å². The predicted octanol–water partition coefficient (Wildman–Crippen LogP) is 3.06. The quantitative estimate of drug-likeness (QED) is 0.884. The van der Waals surface area contributed by atoms with E-state index in [9.17, 15) is 9.59 Å². The SMILES string of the molecule is CC(C)CC[C@H]1[C@H]2C[C@H](CN(C(=O)c3ccnc(N)c3)C2)c2cccc(=O)n21. The maximum atomic E-state index is 13.1. The first-order valence-corrected chi connectivity index (χ1v) is 10.2. The van der Waals surface area contributed by atoms with Crippen LogP contribution in [0, 0.1) is 11.8 Å². The minimum Gasteiger partial charge on any atom is -0.384 e. The Balaban J connectivity index is 1.67. The Bertz CT molecular complexity index is 936. The number of fused-ring (bicyclic) bond motifs is 4. The highest BCUT2D eigenvalue weighted by atomic mass is 16.2. The second-order valence-electron chi connectivity index (χ2n) is 8.57. The molecule has 0 radical (unpaired) electrons. The highest BCUT2D eigenvalue weighted by molar-refractivity contribution is 5.94. The zero-order chi connectivity index (χ0) is 19.8. The van der Waals surface area contributed by atoms with Gasteiger partial charge in [-0.3, -0.25) is 9.59 Å². The summed E-state index contributed by atoms with van der Waals surface area (Å²) in [6.45, 7) is 5.74. The second-order valence-corrected chi connectivity index (χ2v) is 8.57. The van der Waals surface area contributed by atoms with Crippen LogP contribution in [0.1, 0.15) is 61.1 Å². The highest BCUT2D eigenvalue weighted by Gasteiger charge is 2.41. The zero-order valence-corrected chi connectivity index (χ0v) is 16.5. The minimum absolute atomic E-state index is 0.00172. The minimum atomic E-state index is -0.00172. The van der Waals surface area contributed by atoms with Gasteiger partial charge >= 0.3 is 0 Å². The molecule has 0 unspecified atom stereocenters. The molecule has 148 valence electrons. The third kappa shape index (κ3) is 3.43. The summed E-state index contributed by atoms with van der Waals surface area (Å²) in [6.07, 6.45) is 4.65. The number of nitrogens with two attached hydrogens (primary N) is 1. The summed E-state index contributed by atoms with van der Waals surface area (Å²) in [5.74, 6) is 1.44. The van der Waals surface area contributed by atoms with E-state index in [1.165, 1.54) is 0 Å². The van der Waals surface area contributed by atoms with E-state index in [0.717, 1.165) is 25.0 Å². The lowest BCUT2D eigenvalue weighted by Crippen LogP contribution is -2.51. The summed E-state index contributed by atoms with van der Waals surface area (Å²) in [4.78, 5) is 31.7.